The number of hydrogen-bond acceptors (Lipinski definition) is 6. The van der Waals surface area contributed by atoms with Crippen LogP contribution < -0.4 is 0 Å². The van der Waals surface area contributed by atoms with E-state index in [-0.39, 0.29) is 12.4 Å². The van der Waals surface area contributed by atoms with Crippen LogP contribution in [0.4, 0.5) is 0 Å². The Morgan fingerprint density at radius 1 is 1.09 bits per heavy atom. The van der Waals surface area contributed by atoms with Crippen LogP contribution >= 0.6 is 0 Å². The zero-order valence-corrected chi connectivity index (χ0v) is 12.3. The summed E-state index contributed by atoms with van der Waals surface area (Å²) in [6, 6.07) is 5.98. The largest absolute Gasteiger partial charge is 0.465 e. The number of Topliss-reactive ketones (excluding diaryl/α,β-unsaturated/α-hetero) is 1. The lowest BCUT2D eigenvalue weighted by atomic mass is 10.1. The fraction of sp³-hybridized carbons (Fsp3) is 0.250. The minimum absolute atomic E-state index is 0.0812. The van der Waals surface area contributed by atoms with Crippen molar-refractivity contribution in [1.29, 1.82) is 0 Å². The molecule has 1 heterocycles. The number of ether oxygens (including phenoxy) is 2. The molecule has 114 valence electrons. The highest BCUT2D eigenvalue weighted by atomic mass is 16.5. The van der Waals surface area contributed by atoms with E-state index in [1.165, 1.54) is 38.3 Å². The third kappa shape index (κ3) is 3.66. The van der Waals surface area contributed by atoms with Gasteiger partial charge < -0.3 is 9.47 Å². The first-order chi connectivity index (χ1) is 10.5. The van der Waals surface area contributed by atoms with Crippen molar-refractivity contribution in [3.05, 3.63) is 47.2 Å². The van der Waals surface area contributed by atoms with Gasteiger partial charge in [-0.25, -0.2) is 9.59 Å². The van der Waals surface area contributed by atoms with Gasteiger partial charge in [-0.3, -0.25) is 9.79 Å². The number of rotatable bonds is 5. The molecule has 6 heteroatoms. The number of nitrogens with zero attached hydrogens (tertiary/aromatic N) is 1. The molecule has 0 saturated carbocycles. The third-order valence-electron chi connectivity index (χ3n) is 3.13. The molecule has 1 aliphatic heterocycles. The highest BCUT2D eigenvalue weighted by Crippen LogP contribution is 2.14. The molecule has 0 bridgehead atoms. The monoisotopic (exact) mass is 301 g/mol. The summed E-state index contributed by atoms with van der Waals surface area (Å²) in [6.45, 7) is 1.53. The lowest BCUT2D eigenvalue weighted by Gasteiger charge is -2.06. The molecule has 0 unspecified atom stereocenters. The number of aliphatic imine (C=N–C) groups is 1. The van der Waals surface area contributed by atoms with Crippen molar-refractivity contribution in [3.63, 3.8) is 0 Å². The van der Waals surface area contributed by atoms with Gasteiger partial charge >= 0.3 is 11.9 Å². The molecule has 0 aromatic heterocycles. The van der Waals surface area contributed by atoms with Crippen LogP contribution in [0.15, 0.2) is 41.0 Å². The molecule has 0 saturated heterocycles. The molecule has 0 spiro atoms. The van der Waals surface area contributed by atoms with E-state index >= 15 is 0 Å². The molecule has 1 aromatic carbocycles. The van der Waals surface area contributed by atoms with Crippen LogP contribution in [0.3, 0.4) is 0 Å². The Morgan fingerprint density at radius 2 is 1.68 bits per heavy atom. The second-order valence-electron chi connectivity index (χ2n) is 4.74. The van der Waals surface area contributed by atoms with E-state index < -0.39 is 11.9 Å². The minimum atomic E-state index is -0.506. The molecule has 0 fully saturated rings. The fourth-order valence-corrected chi connectivity index (χ4v) is 1.88. The van der Waals surface area contributed by atoms with Crippen LogP contribution in [0.2, 0.25) is 0 Å². The first-order valence-electron chi connectivity index (χ1n) is 6.62. The van der Waals surface area contributed by atoms with Crippen LogP contribution in [0, 0.1) is 0 Å². The summed E-state index contributed by atoms with van der Waals surface area (Å²) in [5.74, 6) is -1.06. The van der Waals surface area contributed by atoms with Gasteiger partial charge in [-0.1, -0.05) is 0 Å². The summed E-state index contributed by atoms with van der Waals surface area (Å²) in [7, 11) is 1.29. The first-order valence-corrected chi connectivity index (χ1v) is 6.62. The number of carbonyl (C=O) groups is 3. The Balaban J connectivity index is 1.88. The van der Waals surface area contributed by atoms with Crippen molar-refractivity contribution in [1.82, 2.24) is 0 Å². The van der Waals surface area contributed by atoms with Crippen molar-refractivity contribution >= 4 is 23.4 Å². The lowest BCUT2D eigenvalue weighted by Crippen LogP contribution is -2.11. The van der Waals surface area contributed by atoms with Crippen molar-refractivity contribution in [2.24, 2.45) is 4.99 Å². The van der Waals surface area contributed by atoms with Crippen molar-refractivity contribution in [2.75, 3.05) is 13.7 Å². The molecule has 0 aliphatic carbocycles. The highest BCUT2D eigenvalue weighted by molar-refractivity contribution is 6.40. The maximum Gasteiger partial charge on any atom is 0.338 e. The van der Waals surface area contributed by atoms with Crippen LogP contribution in [0.25, 0.3) is 0 Å². The maximum absolute atomic E-state index is 11.9. The van der Waals surface area contributed by atoms with E-state index in [1.807, 2.05) is 0 Å². The lowest BCUT2D eigenvalue weighted by molar-refractivity contribution is -0.111. The Kier molecular flexibility index (Phi) is 4.83. The molecular weight excluding hydrogens is 286 g/mol. The van der Waals surface area contributed by atoms with Crippen LogP contribution in [-0.2, 0) is 14.3 Å². The molecule has 2 rings (SSSR count). The number of hydrogen-bond donors (Lipinski definition) is 0. The van der Waals surface area contributed by atoms with Crippen molar-refractivity contribution in [2.45, 2.75) is 13.3 Å². The second-order valence-corrected chi connectivity index (χ2v) is 4.74. The average molecular weight is 301 g/mol. The summed E-state index contributed by atoms with van der Waals surface area (Å²) in [5.41, 5.74) is 1.93. The number of benzene rings is 1. The average Bonchev–Trinajstić information content (AvgIpc) is 3.01. The SMILES string of the molecule is COC(=O)c1ccc(C(=O)OCC2=CN=C(C(C)=O)C2)cc1. The normalized spacial score (nSPS) is 13.2. The molecule has 0 atom stereocenters. The predicted octanol–water partition coefficient (Wildman–Crippen LogP) is 1.95. The smallest absolute Gasteiger partial charge is 0.338 e. The zero-order chi connectivity index (χ0) is 16.1. The number of esters is 2. The number of carbonyl (C=O) groups excluding carboxylic acids is 3. The Morgan fingerprint density at radius 3 is 2.18 bits per heavy atom. The van der Waals surface area contributed by atoms with E-state index in [0.29, 0.717) is 23.3 Å². The van der Waals surface area contributed by atoms with E-state index in [0.717, 1.165) is 5.57 Å². The third-order valence-corrected chi connectivity index (χ3v) is 3.13. The van der Waals surface area contributed by atoms with Crippen LogP contribution in [0.1, 0.15) is 34.1 Å². The van der Waals surface area contributed by atoms with E-state index in [2.05, 4.69) is 9.73 Å². The van der Waals surface area contributed by atoms with Crippen molar-refractivity contribution in [3.8, 4) is 0 Å². The quantitative estimate of drug-likeness (QED) is 0.776. The van der Waals surface area contributed by atoms with Gasteiger partial charge in [0, 0.05) is 19.5 Å². The standard InChI is InChI=1S/C16H15NO5/c1-10(18)14-7-11(8-17-14)9-22-16(20)13-5-3-12(4-6-13)15(19)21-2/h3-6,8H,7,9H2,1-2H3. The summed E-state index contributed by atoms with van der Waals surface area (Å²) in [6.07, 6.45) is 1.95. The molecule has 1 aromatic rings. The van der Waals surface area contributed by atoms with E-state index in [4.69, 9.17) is 4.74 Å². The maximum atomic E-state index is 11.9. The van der Waals surface area contributed by atoms with Crippen LogP contribution in [0.5, 0.6) is 0 Å². The van der Waals surface area contributed by atoms with E-state index in [1.54, 1.807) is 6.20 Å². The van der Waals surface area contributed by atoms with E-state index in [9.17, 15) is 14.4 Å². The highest BCUT2D eigenvalue weighted by Gasteiger charge is 2.16. The summed E-state index contributed by atoms with van der Waals surface area (Å²) >= 11 is 0. The van der Waals surface area contributed by atoms with Gasteiger partial charge in [-0.2, -0.15) is 0 Å². The van der Waals surface area contributed by atoms with Gasteiger partial charge in [-0.15, -0.1) is 0 Å². The molecule has 0 radical (unpaired) electrons. The predicted molar refractivity (Wildman–Crippen MR) is 78.9 cm³/mol. The topological polar surface area (TPSA) is 82.0 Å². The Bertz CT molecular complexity index is 670. The van der Waals surface area contributed by atoms with Gasteiger partial charge in [0.25, 0.3) is 0 Å². The zero-order valence-electron chi connectivity index (χ0n) is 12.3. The molecule has 0 N–H and O–H groups in total. The molecule has 6 nitrogen and oxygen atoms in total. The first kappa shape index (κ1) is 15.6. The van der Waals surface area contributed by atoms with Gasteiger partial charge in [0.2, 0.25) is 0 Å². The number of ketones is 1. The van der Waals surface area contributed by atoms with Gasteiger partial charge in [0.05, 0.1) is 23.9 Å². The fourth-order valence-electron chi connectivity index (χ4n) is 1.88. The van der Waals surface area contributed by atoms with Gasteiger partial charge in [0.15, 0.2) is 5.78 Å². The Labute approximate surface area is 127 Å². The Hall–Kier alpha value is -2.76. The summed E-state index contributed by atoms with van der Waals surface area (Å²) < 4.78 is 9.74. The molecule has 22 heavy (non-hydrogen) atoms. The number of methoxy groups -OCH3 is 1. The van der Waals surface area contributed by atoms with Gasteiger partial charge in [-0.05, 0) is 29.8 Å². The summed E-state index contributed by atoms with van der Waals surface area (Å²) in [4.78, 5) is 38.3. The second kappa shape index (κ2) is 6.80. The van der Waals surface area contributed by atoms with Crippen molar-refractivity contribution < 1.29 is 23.9 Å². The summed E-state index contributed by atoms with van der Waals surface area (Å²) in [5, 5.41) is 0. The van der Waals surface area contributed by atoms with Gasteiger partial charge in [0.1, 0.15) is 6.61 Å². The molecule has 1 aliphatic rings. The van der Waals surface area contributed by atoms with Crippen LogP contribution in [-0.4, -0.2) is 37.2 Å². The molecule has 0 amide bonds. The minimum Gasteiger partial charge on any atom is -0.465 e. The molecular formula is C16H15NO5.